The van der Waals surface area contributed by atoms with E-state index < -0.39 is 47.9 Å². The lowest BCUT2D eigenvalue weighted by Crippen LogP contribution is -2.60. The van der Waals surface area contributed by atoms with Gasteiger partial charge in [-0.3, -0.25) is 19.2 Å². The van der Waals surface area contributed by atoms with E-state index in [9.17, 15) is 37.6 Å². The normalized spacial score (nSPS) is 32.4. The fraction of sp³-hybridized carbons (Fsp3) is 0.800. The van der Waals surface area contributed by atoms with Gasteiger partial charge < -0.3 is 20.9 Å². The number of hydrogen-bond donors (Lipinski definition) is 3. The van der Waals surface area contributed by atoms with Crippen molar-refractivity contribution in [1.82, 2.24) is 20.9 Å². The predicted octanol–water partition coefficient (Wildman–Crippen LogP) is 1.38. The Labute approximate surface area is 212 Å². The molecule has 12 heteroatoms. The van der Waals surface area contributed by atoms with Gasteiger partial charge in [-0.05, 0) is 61.7 Å². The molecule has 0 bridgehead atoms. The van der Waals surface area contributed by atoms with Gasteiger partial charge >= 0.3 is 12.1 Å². The minimum absolute atomic E-state index is 0.0107. The fourth-order valence-corrected chi connectivity index (χ4v) is 6.70. The minimum atomic E-state index is -5.13. The molecule has 37 heavy (non-hydrogen) atoms. The molecule has 0 aromatic rings. The van der Waals surface area contributed by atoms with Crippen molar-refractivity contribution in [2.45, 2.75) is 88.6 Å². The summed E-state index contributed by atoms with van der Waals surface area (Å²) in [5.74, 6) is -4.57. The topological polar surface area (TPSA) is 131 Å². The van der Waals surface area contributed by atoms with Crippen LogP contribution in [0.1, 0.15) is 58.8 Å². The minimum Gasteiger partial charge on any atom is -0.350 e. The Morgan fingerprint density at radius 3 is 2.41 bits per heavy atom. The molecule has 5 rings (SSSR count). The van der Waals surface area contributed by atoms with Crippen LogP contribution in [-0.2, 0) is 19.2 Å². The molecule has 0 aromatic heterocycles. The number of nitrogens with zero attached hydrogens (tertiary/aromatic N) is 2. The van der Waals surface area contributed by atoms with Gasteiger partial charge in [0.2, 0.25) is 17.7 Å². The van der Waals surface area contributed by atoms with Crippen molar-refractivity contribution >= 4 is 23.6 Å². The van der Waals surface area contributed by atoms with Gasteiger partial charge in [0.05, 0.1) is 6.07 Å². The summed E-state index contributed by atoms with van der Waals surface area (Å²) in [5.41, 5.74) is -0.408. The standard InChI is InChI=1S/C25H32F3N5O4/c1-23(2)15-11-33(21(36)17(12-4-3-5-12)31-22(37)25(26,27)28)18(16(15)23)20(35)30-14(10-29)8-13-9-24(6-7-24)32-19(13)34/h12-18H,3-9,11H2,1-2H3,(H,30,35)(H,31,37)(H,32,34)/t13-,14+,15+,16+,17+,18+/m1/s1. The quantitative estimate of drug-likeness (QED) is 0.464. The lowest BCUT2D eigenvalue weighted by atomic mass is 9.79. The summed E-state index contributed by atoms with van der Waals surface area (Å²) in [6.07, 6.45) is -0.767. The van der Waals surface area contributed by atoms with Crippen molar-refractivity contribution in [3.8, 4) is 6.07 Å². The number of rotatable bonds is 7. The van der Waals surface area contributed by atoms with Crippen LogP contribution in [0.5, 0.6) is 0 Å². The van der Waals surface area contributed by atoms with E-state index in [0.717, 1.165) is 19.3 Å². The zero-order chi connectivity index (χ0) is 26.9. The van der Waals surface area contributed by atoms with Crippen molar-refractivity contribution in [1.29, 1.82) is 5.26 Å². The lowest BCUT2D eigenvalue weighted by Gasteiger charge is -2.38. The van der Waals surface area contributed by atoms with Gasteiger partial charge in [-0.15, -0.1) is 0 Å². The molecule has 0 aromatic carbocycles. The SMILES string of the molecule is CC1(C)[C@@H]2[C@@H](C(=O)N[C@H](C#N)C[C@@H]3CC4(CC4)NC3=O)N(C(=O)[C@@H](NC(=O)C(F)(F)F)C3CCC3)C[C@@H]21. The number of nitrogens with one attached hydrogen (secondary N) is 3. The van der Waals surface area contributed by atoms with E-state index in [4.69, 9.17) is 0 Å². The van der Waals surface area contributed by atoms with Gasteiger partial charge in [-0.2, -0.15) is 18.4 Å². The van der Waals surface area contributed by atoms with E-state index >= 15 is 0 Å². The second-order valence-corrected chi connectivity index (χ2v) is 12.1. The maximum Gasteiger partial charge on any atom is 0.471 e. The molecule has 3 N–H and O–H groups in total. The Bertz CT molecular complexity index is 1060. The zero-order valence-electron chi connectivity index (χ0n) is 20.9. The first-order chi connectivity index (χ1) is 17.3. The Morgan fingerprint density at radius 1 is 1.22 bits per heavy atom. The number of fused-ring (bicyclic) bond motifs is 1. The lowest BCUT2D eigenvalue weighted by molar-refractivity contribution is -0.176. The molecule has 1 spiro atoms. The smallest absolute Gasteiger partial charge is 0.350 e. The van der Waals surface area contributed by atoms with Crippen molar-refractivity contribution in [2.24, 2.45) is 29.1 Å². The largest absolute Gasteiger partial charge is 0.471 e. The highest BCUT2D eigenvalue weighted by Gasteiger charge is 2.70. The molecule has 0 radical (unpaired) electrons. The number of piperidine rings is 1. The maximum atomic E-state index is 13.5. The second-order valence-electron chi connectivity index (χ2n) is 12.1. The molecule has 3 saturated carbocycles. The molecule has 6 atom stereocenters. The summed E-state index contributed by atoms with van der Waals surface area (Å²) in [6.45, 7) is 4.14. The first kappa shape index (κ1) is 25.8. The van der Waals surface area contributed by atoms with Gasteiger partial charge in [0.25, 0.3) is 0 Å². The second kappa shape index (κ2) is 8.60. The van der Waals surface area contributed by atoms with E-state index in [2.05, 4.69) is 10.6 Å². The number of amides is 4. The number of likely N-dealkylation sites (tertiary alicyclic amines) is 1. The molecule has 0 unspecified atom stereocenters. The Balaban J connectivity index is 1.30. The molecule has 5 aliphatic rings. The van der Waals surface area contributed by atoms with Crippen LogP contribution in [0.2, 0.25) is 0 Å². The zero-order valence-corrected chi connectivity index (χ0v) is 20.9. The Kier molecular flexibility index (Phi) is 5.99. The van der Waals surface area contributed by atoms with Crippen molar-refractivity contribution in [2.75, 3.05) is 6.54 Å². The van der Waals surface area contributed by atoms with Crippen LogP contribution in [-0.4, -0.2) is 64.9 Å². The highest BCUT2D eigenvalue weighted by Crippen LogP contribution is 2.65. The third kappa shape index (κ3) is 4.55. The molecule has 9 nitrogen and oxygen atoms in total. The summed E-state index contributed by atoms with van der Waals surface area (Å²) in [6, 6.07) is -1.21. The third-order valence-electron chi connectivity index (χ3n) is 9.43. The molecular weight excluding hydrogens is 491 g/mol. The van der Waals surface area contributed by atoms with Gasteiger partial charge in [0.15, 0.2) is 0 Å². The molecule has 2 aliphatic heterocycles. The predicted molar refractivity (Wildman–Crippen MR) is 122 cm³/mol. The van der Waals surface area contributed by atoms with Crippen LogP contribution in [0.15, 0.2) is 0 Å². The van der Waals surface area contributed by atoms with Crippen LogP contribution in [0.25, 0.3) is 0 Å². The van der Waals surface area contributed by atoms with Gasteiger partial charge in [0, 0.05) is 18.0 Å². The number of alkyl halides is 3. The van der Waals surface area contributed by atoms with Crippen LogP contribution >= 0.6 is 0 Å². The van der Waals surface area contributed by atoms with Gasteiger partial charge in [-0.25, -0.2) is 0 Å². The Hall–Kier alpha value is -2.84. The van der Waals surface area contributed by atoms with E-state index in [-0.39, 0.29) is 47.6 Å². The van der Waals surface area contributed by atoms with E-state index in [1.54, 1.807) is 0 Å². The van der Waals surface area contributed by atoms with Crippen LogP contribution in [0.3, 0.4) is 0 Å². The van der Waals surface area contributed by atoms with Gasteiger partial charge in [0.1, 0.15) is 18.1 Å². The van der Waals surface area contributed by atoms with Crippen molar-refractivity contribution in [3.05, 3.63) is 0 Å². The van der Waals surface area contributed by atoms with Crippen LogP contribution in [0, 0.1) is 40.4 Å². The first-order valence-corrected chi connectivity index (χ1v) is 13.0. The average molecular weight is 524 g/mol. The summed E-state index contributed by atoms with van der Waals surface area (Å²) < 4.78 is 38.9. The summed E-state index contributed by atoms with van der Waals surface area (Å²) >= 11 is 0. The number of carbonyl (C=O) groups excluding carboxylic acids is 4. The van der Waals surface area contributed by atoms with E-state index in [1.807, 2.05) is 25.2 Å². The summed E-state index contributed by atoms with van der Waals surface area (Å²) in [7, 11) is 0. The molecule has 2 heterocycles. The maximum absolute atomic E-state index is 13.5. The average Bonchev–Trinajstić information content (AvgIpc) is 3.49. The summed E-state index contributed by atoms with van der Waals surface area (Å²) in [5, 5.41) is 17.3. The number of carbonyl (C=O) groups is 4. The van der Waals surface area contributed by atoms with E-state index in [1.165, 1.54) is 4.90 Å². The molecule has 5 fully saturated rings. The number of hydrogen-bond acceptors (Lipinski definition) is 5. The van der Waals surface area contributed by atoms with Crippen LogP contribution in [0.4, 0.5) is 13.2 Å². The fourth-order valence-electron chi connectivity index (χ4n) is 6.70. The molecule has 3 aliphatic carbocycles. The molecule has 2 saturated heterocycles. The highest BCUT2D eigenvalue weighted by atomic mass is 19.4. The number of nitriles is 1. The molecule has 202 valence electrons. The molecular formula is C25H32F3N5O4. The van der Waals surface area contributed by atoms with Crippen LogP contribution < -0.4 is 16.0 Å². The molecule has 4 amide bonds. The monoisotopic (exact) mass is 523 g/mol. The first-order valence-electron chi connectivity index (χ1n) is 13.0. The van der Waals surface area contributed by atoms with Crippen molar-refractivity contribution in [3.63, 3.8) is 0 Å². The van der Waals surface area contributed by atoms with Gasteiger partial charge in [-0.1, -0.05) is 20.3 Å². The highest BCUT2D eigenvalue weighted by molar-refractivity contribution is 5.94. The number of halogens is 3. The summed E-state index contributed by atoms with van der Waals surface area (Å²) in [4.78, 5) is 52.4. The third-order valence-corrected chi connectivity index (χ3v) is 9.43. The Morgan fingerprint density at radius 2 is 1.89 bits per heavy atom. The van der Waals surface area contributed by atoms with Crippen molar-refractivity contribution < 1.29 is 32.3 Å². The van der Waals surface area contributed by atoms with E-state index in [0.29, 0.717) is 19.3 Å².